The van der Waals surface area contributed by atoms with Gasteiger partial charge in [0.2, 0.25) is 11.8 Å². The first-order valence-corrected chi connectivity index (χ1v) is 17.8. The number of benzene rings is 4. The van der Waals surface area contributed by atoms with Crippen LogP contribution in [-0.4, -0.2) is 43.8 Å². The molecule has 0 aliphatic rings. The number of carbonyl (C=O) groups is 2. The molecule has 0 bridgehead atoms. The Bertz CT molecular complexity index is 1740. The highest BCUT2D eigenvalue weighted by Gasteiger charge is 2.35. The Labute approximate surface area is 284 Å². The molecule has 2 atom stereocenters. The smallest absolute Gasteiger partial charge is 0.264 e. The van der Waals surface area contributed by atoms with Crippen LogP contribution in [-0.2, 0) is 32.6 Å². The Morgan fingerprint density at radius 2 is 1.47 bits per heavy atom. The maximum atomic E-state index is 14.6. The third kappa shape index (κ3) is 9.46. The average molecular weight is 674 g/mol. The summed E-state index contributed by atoms with van der Waals surface area (Å²) in [5.41, 5.74) is 3.90. The third-order valence-corrected chi connectivity index (χ3v) is 10.3. The predicted octanol–water partition coefficient (Wildman–Crippen LogP) is 7.52. The zero-order valence-corrected chi connectivity index (χ0v) is 29.3. The molecular formula is C38H44ClN3O4S. The Hall–Kier alpha value is -4.14. The van der Waals surface area contributed by atoms with Crippen LogP contribution >= 0.6 is 11.6 Å². The van der Waals surface area contributed by atoms with Gasteiger partial charge in [-0.05, 0) is 79.3 Å². The van der Waals surface area contributed by atoms with Crippen LogP contribution in [0.5, 0.6) is 0 Å². The van der Waals surface area contributed by atoms with Crippen molar-refractivity contribution >= 4 is 39.1 Å². The van der Waals surface area contributed by atoms with E-state index in [-0.39, 0.29) is 35.7 Å². The van der Waals surface area contributed by atoms with Gasteiger partial charge in [0.1, 0.15) is 12.6 Å². The van der Waals surface area contributed by atoms with Crippen LogP contribution in [0.4, 0.5) is 5.69 Å². The van der Waals surface area contributed by atoms with Crippen molar-refractivity contribution in [3.05, 3.63) is 130 Å². The van der Waals surface area contributed by atoms with E-state index in [1.807, 2.05) is 69.3 Å². The van der Waals surface area contributed by atoms with Crippen molar-refractivity contribution < 1.29 is 18.0 Å². The summed E-state index contributed by atoms with van der Waals surface area (Å²) in [6, 6.07) is 29.3. The largest absolute Gasteiger partial charge is 0.352 e. The molecule has 0 unspecified atom stereocenters. The van der Waals surface area contributed by atoms with Crippen molar-refractivity contribution in [1.29, 1.82) is 0 Å². The second-order valence-electron chi connectivity index (χ2n) is 12.2. The molecule has 4 aromatic rings. The summed E-state index contributed by atoms with van der Waals surface area (Å²) in [4.78, 5) is 30.1. The molecule has 0 saturated carbocycles. The van der Waals surface area contributed by atoms with Crippen molar-refractivity contribution in [3.63, 3.8) is 0 Å². The van der Waals surface area contributed by atoms with Gasteiger partial charge in [0.25, 0.3) is 10.0 Å². The minimum atomic E-state index is -4.18. The van der Waals surface area contributed by atoms with Gasteiger partial charge in [0.15, 0.2) is 0 Å². The van der Waals surface area contributed by atoms with E-state index in [0.717, 1.165) is 26.6 Å². The normalized spacial score (nSPS) is 12.7. The van der Waals surface area contributed by atoms with Gasteiger partial charge in [0.05, 0.1) is 10.6 Å². The molecule has 9 heteroatoms. The lowest BCUT2D eigenvalue weighted by atomic mass is 10.0. The summed E-state index contributed by atoms with van der Waals surface area (Å²) < 4.78 is 29.7. The number of anilines is 1. The van der Waals surface area contributed by atoms with Crippen LogP contribution in [0.15, 0.2) is 108 Å². The first-order chi connectivity index (χ1) is 22.4. The van der Waals surface area contributed by atoms with Gasteiger partial charge in [0, 0.05) is 24.0 Å². The number of hydrogen-bond acceptors (Lipinski definition) is 4. The number of sulfonamides is 1. The van der Waals surface area contributed by atoms with Crippen LogP contribution in [0.3, 0.4) is 0 Å². The van der Waals surface area contributed by atoms with E-state index in [2.05, 4.69) is 19.2 Å². The van der Waals surface area contributed by atoms with E-state index in [4.69, 9.17) is 11.6 Å². The van der Waals surface area contributed by atoms with Crippen molar-refractivity contribution in [2.75, 3.05) is 10.8 Å². The molecule has 248 valence electrons. The predicted molar refractivity (Wildman–Crippen MR) is 190 cm³/mol. The number of nitrogens with zero attached hydrogens (tertiary/aromatic N) is 2. The maximum Gasteiger partial charge on any atom is 0.264 e. The standard InChI is InChI=1S/C38H44ClN3O4S/c1-6-29(5)40-38(44)36(24-30-11-8-7-9-12-30)41(25-31-13-10-14-33(39)23-31)37(43)26-42(34-19-17-32(18-20-34)27(2)3)47(45,46)35-21-15-28(4)16-22-35/h7-23,27,29,36H,6,24-26H2,1-5H3,(H,40,44)/t29-,36-/m0/s1. The molecule has 47 heavy (non-hydrogen) atoms. The minimum absolute atomic E-state index is 0.0511. The maximum absolute atomic E-state index is 14.6. The highest BCUT2D eigenvalue weighted by molar-refractivity contribution is 7.92. The topological polar surface area (TPSA) is 86.8 Å². The fourth-order valence-electron chi connectivity index (χ4n) is 5.22. The van der Waals surface area contributed by atoms with Crippen molar-refractivity contribution in [3.8, 4) is 0 Å². The summed E-state index contributed by atoms with van der Waals surface area (Å²) in [6.07, 6.45) is 0.949. The fraction of sp³-hybridized carbons (Fsp3) is 0.316. The van der Waals surface area contributed by atoms with Crippen molar-refractivity contribution in [1.82, 2.24) is 10.2 Å². The average Bonchev–Trinajstić information content (AvgIpc) is 3.05. The van der Waals surface area contributed by atoms with E-state index in [0.29, 0.717) is 17.1 Å². The molecular weight excluding hydrogens is 630 g/mol. The van der Waals surface area contributed by atoms with Gasteiger partial charge in [-0.25, -0.2) is 8.42 Å². The van der Waals surface area contributed by atoms with Crippen LogP contribution in [0, 0.1) is 6.92 Å². The molecule has 0 aliphatic carbocycles. The first-order valence-electron chi connectivity index (χ1n) is 16.0. The van der Waals surface area contributed by atoms with Crippen molar-refractivity contribution in [2.24, 2.45) is 0 Å². The highest BCUT2D eigenvalue weighted by atomic mass is 35.5. The Morgan fingerprint density at radius 3 is 2.06 bits per heavy atom. The summed E-state index contributed by atoms with van der Waals surface area (Å²) in [7, 11) is -4.18. The van der Waals surface area contributed by atoms with Gasteiger partial charge in [-0.2, -0.15) is 0 Å². The second kappa shape index (κ2) is 16.1. The highest BCUT2D eigenvalue weighted by Crippen LogP contribution is 2.27. The molecule has 0 aliphatic heterocycles. The van der Waals surface area contributed by atoms with Crippen LogP contribution in [0.1, 0.15) is 62.3 Å². The fourth-order valence-corrected chi connectivity index (χ4v) is 6.85. The lowest BCUT2D eigenvalue weighted by Crippen LogP contribution is -2.54. The number of nitrogens with one attached hydrogen (secondary N) is 1. The van der Waals surface area contributed by atoms with E-state index >= 15 is 0 Å². The molecule has 0 spiro atoms. The number of rotatable bonds is 14. The van der Waals surface area contributed by atoms with E-state index in [9.17, 15) is 18.0 Å². The summed E-state index contributed by atoms with van der Waals surface area (Å²) in [5, 5.41) is 3.55. The van der Waals surface area contributed by atoms with E-state index in [1.165, 1.54) is 4.90 Å². The summed E-state index contributed by atoms with van der Waals surface area (Å²) >= 11 is 6.34. The van der Waals surface area contributed by atoms with Gasteiger partial charge in [-0.15, -0.1) is 0 Å². The molecule has 7 nitrogen and oxygen atoms in total. The zero-order valence-electron chi connectivity index (χ0n) is 27.7. The number of hydrogen-bond donors (Lipinski definition) is 1. The summed E-state index contributed by atoms with van der Waals surface area (Å²) in [5.74, 6) is -0.592. The Balaban J connectivity index is 1.82. The lowest BCUT2D eigenvalue weighted by molar-refractivity contribution is -0.140. The molecule has 4 aromatic carbocycles. The SMILES string of the molecule is CC[C@H](C)NC(=O)[C@H](Cc1ccccc1)N(Cc1cccc(Cl)c1)C(=O)CN(c1ccc(C(C)C)cc1)S(=O)(=O)c1ccc(C)cc1. The van der Waals surface area contributed by atoms with Gasteiger partial charge < -0.3 is 10.2 Å². The Kier molecular flexibility index (Phi) is 12.2. The minimum Gasteiger partial charge on any atom is -0.352 e. The molecule has 0 aromatic heterocycles. The van der Waals surface area contributed by atoms with Gasteiger partial charge >= 0.3 is 0 Å². The molecule has 0 radical (unpaired) electrons. The van der Waals surface area contributed by atoms with Gasteiger partial charge in [-0.1, -0.05) is 105 Å². The number of carbonyl (C=O) groups excluding carboxylic acids is 2. The van der Waals surface area contributed by atoms with Crippen molar-refractivity contribution in [2.45, 2.75) is 76.9 Å². The van der Waals surface area contributed by atoms with E-state index < -0.39 is 28.5 Å². The number of halogens is 1. The molecule has 0 heterocycles. The quantitative estimate of drug-likeness (QED) is 0.150. The molecule has 0 fully saturated rings. The number of amides is 2. The third-order valence-electron chi connectivity index (χ3n) is 8.25. The second-order valence-corrected chi connectivity index (χ2v) is 14.5. The van der Waals surface area contributed by atoms with Crippen LogP contribution < -0.4 is 9.62 Å². The molecule has 1 N–H and O–H groups in total. The molecule has 0 saturated heterocycles. The Morgan fingerprint density at radius 1 is 0.830 bits per heavy atom. The number of aryl methyl sites for hydroxylation is 1. The molecule has 4 rings (SSSR count). The van der Waals surface area contributed by atoms with Crippen LogP contribution in [0.25, 0.3) is 0 Å². The van der Waals surface area contributed by atoms with E-state index in [1.54, 1.807) is 54.6 Å². The first kappa shape index (κ1) is 35.7. The van der Waals surface area contributed by atoms with Crippen LogP contribution in [0.2, 0.25) is 5.02 Å². The zero-order chi connectivity index (χ0) is 34.1. The molecule has 2 amide bonds. The van der Waals surface area contributed by atoms with Gasteiger partial charge in [-0.3, -0.25) is 13.9 Å². The monoisotopic (exact) mass is 673 g/mol. The summed E-state index contributed by atoms with van der Waals surface area (Å²) in [6.45, 7) is 9.43. The lowest BCUT2D eigenvalue weighted by Gasteiger charge is -2.34.